The van der Waals surface area contributed by atoms with Gasteiger partial charge in [0.1, 0.15) is 5.75 Å². The maximum absolute atomic E-state index is 5.93. The first-order valence-corrected chi connectivity index (χ1v) is 7.81. The molecule has 0 aromatic heterocycles. The van der Waals surface area contributed by atoms with Gasteiger partial charge in [-0.2, -0.15) is 0 Å². The Hall–Kier alpha value is -1.28. The normalized spacial score (nSPS) is 12.2. The van der Waals surface area contributed by atoms with Crippen molar-refractivity contribution in [3.05, 3.63) is 42.0 Å². The molecule has 1 unspecified atom stereocenters. The lowest BCUT2D eigenvalue weighted by Crippen LogP contribution is -2.07. The molecule has 1 atom stereocenters. The molecule has 20 heavy (non-hydrogen) atoms. The number of hydrogen-bond donors (Lipinski definition) is 1. The average Bonchev–Trinajstić information content (AvgIpc) is 2.44. The van der Waals surface area contributed by atoms with E-state index < -0.39 is 0 Å². The third-order valence-electron chi connectivity index (χ3n) is 3.48. The molecule has 0 fully saturated rings. The van der Waals surface area contributed by atoms with Crippen molar-refractivity contribution in [2.75, 3.05) is 6.61 Å². The SMILES string of the molecule is C=CCc1cc(C(C)N)ccc1OCCCCCCC. The van der Waals surface area contributed by atoms with Crippen LogP contribution in [0.1, 0.15) is 63.1 Å². The predicted molar refractivity (Wildman–Crippen MR) is 87.2 cm³/mol. The van der Waals surface area contributed by atoms with Gasteiger partial charge in [0.15, 0.2) is 0 Å². The van der Waals surface area contributed by atoms with Crippen LogP contribution in [0.25, 0.3) is 0 Å². The number of nitrogens with two attached hydrogens (primary N) is 1. The molecule has 0 bridgehead atoms. The van der Waals surface area contributed by atoms with Crippen LogP contribution in [-0.2, 0) is 6.42 Å². The summed E-state index contributed by atoms with van der Waals surface area (Å²) < 4.78 is 5.92. The lowest BCUT2D eigenvalue weighted by atomic mass is 10.0. The molecular formula is C18H29NO. The van der Waals surface area contributed by atoms with E-state index in [0.29, 0.717) is 0 Å². The Morgan fingerprint density at radius 1 is 1.25 bits per heavy atom. The summed E-state index contributed by atoms with van der Waals surface area (Å²) in [6.45, 7) is 8.85. The summed E-state index contributed by atoms with van der Waals surface area (Å²) in [5.74, 6) is 0.977. The highest BCUT2D eigenvalue weighted by molar-refractivity contribution is 5.39. The van der Waals surface area contributed by atoms with Crippen molar-refractivity contribution in [1.82, 2.24) is 0 Å². The fourth-order valence-corrected chi connectivity index (χ4v) is 2.23. The lowest BCUT2D eigenvalue weighted by molar-refractivity contribution is 0.302. The molecule has 1 aromatic rings. The molecule has 0 aliphatic heterocycles. The molecule has 0 aliphatic carbocycles. The number of ether oxygens (including phenoxy) is 1. The Labute approximate surface area is 124 Å². The van der Waals surface area contributed by atoms with Crippen molar-refractivity contribution in [2.24, 2.45) is 5.73 Å². The zero-order valence-corrected chi connectivity index (χ0v) is 13.0. The monoisotopic (exact) mass is 275 g/mol. The molecule has 2 nitrogen and oxygen atoms in total. The molecule has 0 radical (unpaired) electrons. The summed E-state index contributed by atoms with van der Waals surface area (Å²) in [7, 11) is 0. The van der Waals surface area contributed by atoms with Gasteiger partial charge in [-0.15, -0.1) is 6.58 Å². The molecule has 0 aliphatic rings. The van der Waals surface area contributed by atoms with E-state index >= 15 is 0 Å². The largest absolute Gasteiger partial charge is 0.493 e. The summed E-state index contributed by atoms with van der Waals surface area (Å²) in [5, 5.41) is 0. The number of rotatable bonds is 10. The van der Waals surface area contributed by atoms with E-state index in [1.165, 1.54) is 31.2 Å². The second-order valence-corrected chi connectivity index (χ2v) is 5.41. The molecule has 2 N–H and O–H groups in total. The summed E-state index contributed by atoms with van der Waals surface area (Å²) in [4.78, 5) is 0. The van der Waals surface area contributed by atoms with E-state index in [2.05, 4.69) is 25.6 Å². The molecule has 0 amide bonds. The summed E-state index contributed by atoms with van der Waals surface area (Å²) >= 11 is 0. The van der Waals surface area contributed by atoms with E-state index in [1.807, 2.05) is 19.1 Å². The number of benzene rings is 1. The van der Waals surface area contributed by atoms with Crippen LogP contribution >= 0.6 is 0 Å². The summed E-state index contributed by atoms with van der Waals surface area (Å²) in [6.07, 6.45) is 9.03. The first-order chi connectivity index (χ1) is 9.69. The van der Waals surface area contributed by atoms with Gasteiger partial charge in [-0.1, -0.05) is 50.8 Å². The zero-order chi connectivity index (χ0) is 14.8. The van der Waals surface area contributed by atoms with Crippen molar-refractivity contribution in [1.29, 1.82) is 0 Å². The van der Waals surface area contributed by atoms with E-state index in [0.717, 1.165) is 30.8 Å². The maximum Gasteiger partial charge on any atom is 0.122 e. The lowest BCUT2D eigenvalue weighted by Gasteiger charge is -2.14. The van der Waals surface area contributed by atoms with Gasteiger partial charge in [0, 0.05) is 6.04 Å². The molecular weight excluding hydrogens is 246 g/mol. The maximum atomic E-state index is 5.93. The van der Waals surface area contributed by atoms with E-state index in [-0.39, 0.29) is 6.04 Å². The predicted octanol–water partition coefficient (Wildman–Crippen LogP) is 4.78. The fraction of sp³-hybridized carbons (Fsp3) is 0.556. The first kappa shape index (κ1) is 16.8. The minimum absolute atomic E-state index is 0.0571. The van der Waals surface area contributed by atoms with Crippen LogP contribution in [0.4, 0.5) is 0 Å². The van der Waals surface area contributed by atoms with Crippen molar-refractivity contribution in [3.8, 4) is 5.75 Å². The van der Waals surface area contributed by atoms with Crippen LogP contribution in [0.2, 0.25) is 0 Å². The van der Waals surface area contributed by atoms with E-state index in [9.17, 15) is 0 Å². The second-order valence-electron chi connectivity index (χ2n) is 5.41. The van der Waals surface area contributed by atoms with Crippen LogP contribution in [-0.4, -0.2) is 6.61 Å². The number of unbranched alkanes of at least 4 members (excludes halogenated alkanes) is 4. The van der Waals surface area contributed by atoms with Gasteiger partial charge in [0.05, 0.1) is 6.61 Å². The summed E-state index contributed by atoms with van der Waals surface area (Å²) in [5.41, 5.74) is 8.26. The first-order valence-electron chi connectivity index (χ1n) is 7.81. The highest BCUT2D eigenvalue weighted by atomic mass is 16.5. The van der Waals surface area contributed by atoms with E-state index in [4.69, 9.17) is 10.5 Å². The van der Waals surface area contributed by atoms with Crippen molar-refractivity contribution < 1.29 is 4.74 Å². The Bertz CT molecular complexity index is 398. The van der Waals surface area contributed by atoms with Crippen LogP contribution in [0, 0.1) is 0 Å². The van der Waals surface area contributed by atoms with Gasteiger partial charge in [-0.3, -0.25) is 0 Å². The van der Waals surface area contributed by atoms with Crippen LogP contribution in [0.5, 0.6) is 5.75 Å². The number of allylic oxidation sites excluding steroid dienone is 1. The standard InChI is InChI=1S/C18H29NO/c1-4-6-7-8-9-13-20-18-12-11-16(15(3)19)14-17(18)10-5-2/h5,11-12,14-15H,2,4,6-10,13,19H2,1,3H3. The Morgan fingerprint density at radius 3 is 2.65 bits per heavy atom. The van der Waals surface area contributed by atoms with Crippen LogP contribution in [0.15, 0.2) is 30.9 Å². The molecule has 0 saturated carbocycles. The molecule has 2 heteroatoms. The van der Waals surface area contributed by atoms with E-state index in [1.54, 1.807) is 0 Å². The molecule has 0 saturated heterocycles. The van der Waals surface area contributed by atoms with Gasteiger partial charge < -0.3 is 10.5 Å². The van der Waals surface area contributed by atoms with Gasteiger partial charge in [-0.05, 0) is 37.0 Å². The van der Waals surface area contributed by atoms with Crippen molar-refractivity contribution in [2.45, 2.75) is 58.4 Å². The molecule has 0 heterocycles. The van der Waals surface area contributed by atoms with Gasteiger partial charge in [-0.25, -0.2) is 0 Å². The molecule has 112 valence electrons. The van der Waals surface area contributed by atoms with Gasteiger partial charge in [0.25, 0.3) is 0 Å². The highest BCUT2D eigenvalue weighted by Gasteiger charge is 2.06. The minimum Gasteiger partial charge on any atom is -0.493 e. The van der Waals surface area contributed by atoms with Gasteiger partial charge in [0.2, 0.25) is 0 Å². The Balaban J connectivity index is 2.53. The third-order valence-corrected chi connectivity index (χ3v) is 3.48. The fourth-order valence-electron chi connectivity index (χ4n) is 2.23. The quantitative estimate of drug-likeness (QED) is 0.492. The van der Waals surface area contributed by atoms with Crippen molar-refractivity contribution in [3.63, 3.8) is 0 Å². The molecule has 1 aromatic carbocycles. The highest BCUT2D eigenvalue weighted by Crippen LogP contribution is 2.24. The average molecular weight is 275 g/mol. The second kappa shape index (κ2) is 9.60. The smallest absolute Gasteiger partial charge is 0.122 e. The minimum atomic E-state index is 0.0571. The molecule has 0 spiro atoms. The van der Waals surface area contributed by atoms with Crippen LogP contribution < -0.4 is 10.5 Å². The summed E-state index contributed by atoms with van der Waals surface area (Å²) in [6, 6.07) is 6.30. The Kier molecular flexibility index (Phi) is 8.05. The third kappa shape index (κ3) is 5.79. The molecule has 1 rings (SSSR count). The zero-order valence-electron chi connectivity index (χ0n) is 13.0. The Morgan fingerprint density at radius 2 is 2.00 bits per heavy atom. The topological polar surface area (TPSA) is 35.2 Å². The van der Waals surface area contributed by atoms with Crippen LogP contribution in [0.3, 0.4) is 0 Å². The van der Waals surface area contributed by atoms with Crippen molar-refractivity contribution >= 4 is 0 Å². The van der Waals surface area contributed by atoms with Gasteiger partial charge >= 0.3 is 0 Å². The number of hydrogen-bond acceptors (Lipinski definition) is 2.